The smallest absolute Gasteiger partial charge is 0.258 e. The fourth-order valence-electron chi connectivity index (χ4n) is 3.40. The Hall–Kier alpha value is -2.42. The van der Waals surface area contributed by atoms with Crippen LogP contribution < -0.4 is 14.8 Å². The molecule has 2 N–H and O–H groups in total. The number of piperidine rings is 1. The summed E-state index contributed by atoms with van der Waals surface area (Å²) in [5.41, 5.74) is 0.886. The van der Waals surface area contributed by atoms with E-state index in [2.05, 4.69) is 22.0 Å². The second-order valence-electron chi connectivity index (χ2n) is 7.66. The van der Waals surface area contributed by atoms with Crippen molar-refractivity contribution in [3.05, 3.63) is 60.2 Å². The van der Waals surface area contributed by atoms with Gasteiger partial charge >= 0.3 is 0 Å². The summed E-state index contributed by atoms with van der Waals surface area (Å²) in [4.78, 5) is 14.5. The van der Waals surface area contributed by atoms with E-state index in [9.17, 15) is 13.2 Å². The summed E-state index contributed by atoms with van der Waals surface area (Å²) in [5.74, 6) is 0.281. The molecule has 0 aliphatic carbocycles. The monoisotopic (exact) mass is 431 g/mol. The fraction of sp³-hybridized carbons (Fsp3) is 0.409. The number of hydrogen-bond donors (Lipinski definition) is 2. The molecule has 1 unspecified atom stereocenters. The lowest BCUT2D eigenvalue weighted by atomic mass is 10.1. The largest absolute Gasteiger partial charge is 0.484 e. The summed E-state index contributed by atoms with van der Waals surface area (Å²) < 4.78 is 33.4. The van der Waals surface area contributed by atoms with Gasteiger partial charge in [0.2, 0.25) is 10.0 Å². The number of nitrogens with zero attached hydrogens (tertiary/aromatic N) is 1. The molecule has 0 bridgehead atoms. The minimum Gasteiger partial charge on any atom is -0.484 e. The van der Waals surface area contributed by atoms with Crippen LogP contribution in [0, 0.1) is 0 Å². The van der Waals surface area contributed by atoms with Crippen LogP contribution in [0.4, 0.5) is 0 Å². The number of carbonyl (C=O) groups is 1. The highest BCUT2D eigenvalue weighted by molar-refractivity contribution is 7.89. The molecule has 162 valence electrons. The summed E-state index contributed by atoms with van der Waals surface area (Å²) in [6.45, 7) is 3.65. The SMILES string of the molecule is CC(NS(=O)(=O)c1ccc(OCC(=O)NC2CCN(C)CC2)cc1)c1ccccc1. The highest BCUT2D eigenvalue weighted by atomic mass is 32.2. The molecule has 1 aliphatic heterocycles. The topological polar surface area (TPSA) is 87.7 Å². The quantitative estimate of drug-likeness (QED) is 0.670. The molecule has 0 spiro atoms. The molecule has 2 aromatic rings. The first-order chi connectivity index (χ1) is 14.3. The number of ether oxygens (including phenoxy) is 1. The molecule has 1 saturated heterocycles. The van der Waals surface area contributed by atoms with E-state index in [1.54, 1.807) is 19.1 Å². The summed E-state index contributed by atoms with van der Waals surface area (Å²) in [6.07, 6.45) is 1.87. The average molecular weight is 432 g/mol. The Morgan fingerprint density at radius 1 is 1.10 bits per heavy atom. The number of rotatable bonds is 8. The Morgan fingerprint density at radius 2 is 1.73 bits per heavy atom. The number of hydrogen-bond acceptors (Lipinski definition) is 5. The molecule has 1 amide bonds. The van der Waals surface area contributed by atoms with E-state index in [4.69, 9.17) is 4.74 Å². The second-order valence-corrected chi connectivity index (χ2v) is 9.37. The zero-order valence-corrected chi connectivity index (χ0v) is 18.2. The molecule has 2 aromatic carbocycles. The third-order valence-electron chi connectivity index (χ3n) is 5.22. The molecule has 3 rings (SSSR count). The first-order valence-electron chi connectivity index (χ1n) is 10.1. The van der Waals surface area contributed by atoms with Gasteiger partial charge in [-0.1, -0.05) is 30.3 Å². The number of nitrogens with one attached hydrogen (secondary N) is 2. The lowest BCUT2D eigenvalue weighted by Crippen LogP contribution is -2.44. The molecule has 0 radical (unpaired) electrons. The standard InChI is InChI=1S/C22H29N3O4S/c1-17(18-6-4-3-5-7-18)24-30(27,28)21-10-8-20(9-11-21)29-16-22(26)23-19-12-14-25(2)15-13-19/h3-11,17,19,24H,12-16H2,1-2H3,(H,23,26). The van der Waals surface area contributed by atoms with Crippen molar-refractivity contribution in [3.8, 4) is 5.75 Å². The molecule has 30 heavy (non-hydrogen) atoms. The Bertz CT molecular complexity index is 925. The van der Waals surface area contributed by atoms with Gasteiger partial charge in [0, 0.05) is 12.1 Å². The van der Waals surface area contributed by atoms with Crippen molar-refractivity contribution in [3.63, 3.8) is 0 Å². The van der Waals surface area contributed by atoms with E-state index in [1.807, 2.05) is 30.3 Å². The summed E-state index contributed by atoms with van der Waals surface area (Å²) in [6, 6.07) is 15.3. The molecule has 0 saturated carbocycles. The van der Waals surface area contributed by atoms with E-state index in [0.29, 0.717) is 5.75 Å². The van der Waals surface area contributed by atoms with Crippen molar-refractivity contribution in [2.45, 2.75) is 36.7 Å². The van der Waals surface area contributed by atoms with Crippen molar-refractivity contribution in [2.75, 3.05) is 26.7 Å². The van der Waals surface area contributed by atoms with E-state index in [-0.39, 0.29) is 29.5 Å². The van der Waals surface area contributed by atoms with Gasteiger partial charge < -0.3 is 15.0 Å². The normalized spacial score (nSPS) is 16.7. The Labute approximate surface area is 178 Å². The molecule has 1 fully saturated rings. The number of sulfonamides is 1. The van der Waals surface area contributed by atoms with Crippen LogP contribution in [-0.2, 0) is 14.8 Å². The molecule has 1 aliphatic rings. The highest BCUT2D eigenvalue weighted by Crippen LogP contribution is 2.19. The van der Waals surface area contributed by atoms with Gasteiger partial charge in [0.05, 0.1) is 4.90 Å². The fourth-order valence-corrected chi connectivity index (χ4v) is 4.63. The molecular weight excluding hydrogens is 402 g/mol. The van der Waals surface area contributed by atoms with Crippen LogP contribution in [-0.4, -0.2) is 52.0 Å². The third-order valence-corrected chi connectivity index (χ3v) is 6.78. The average Bonchev–Trinajstić information content (AvgIpc) is 2.74. The highest BCUT2D eigenvalue weighted by Gasteiger charge is 2.20. The minimum absolute atomic E-state index is 0.0955. The first kappa shape index (κ1) is 22.3. The molecule has 0 aromatic heterocycles. The molecule has 1 heterocycles. The van der Waals surface area contributed by atoms with Gasteiger partial charge in [-0.15, -0.1) is 0 Å². The van der Waals surface area contributed by atoms with E-state index >= 15 is 0 Å². The Kier molecular flexibility index (Phi) is 7.47. The second kappa shape index (κ2) is 10.1. The van der Waals surface area contributed by atoms with Crippen LogP contribution in [0.15, 0.2) is 59.5 Å². The van der Waals surface area contributed by atoms with Crippen LogP contribution in [0.5, 0.6) is 5.75 Å². The van der Waals surface area contributed by atoms with Crippen molar-refractivity contribution in [2.24, 2.45) is 0 Å². The zero-order valence-electron chi connectivity index (χ0n) is 17.4. The summed E-state index contributed by atoms with van der Waals surface area (Å²) >= 11 is 0. The Balaban J connectivity index is 1.51. The zero-order chi connectivity index (χ0) is 21.6. The van der Waals surface area contributed by atoms with Crippen LogP contribution >= 0.6 is 0 Å². The first-order valence-corrected chi connectivity index (χ1v) is 11.6. The molecule has 7 nitrogen and oxygen atoms in total. The maximum absolute atomic E-state index is 12.6. The van der Waals surface area contributed by atoms with E-state index < -0.39 is 10.0 Å². The molecule has 8 heteroatoms. The third kappa shape index (κ3) is 6.29. The number of amides is 1. The van der Waals surface area contributed by atoms with Gasteiger partial charge in [0.25, 0.3) is 5.91 Å². The Morgan fingerprint density at radius 3 is 2.37 bits per heavy atom. The van der Waals surface area contributed by atoms with E-state index in [1.165, 1.54) is 12.1 Å². The van der Waals surface area contributed by atoms with Crippen molar-refractivity contribution in [1.29, 1.82) is 0 Å². The summed E-state index contributed by atoms with van der Waals surface area (Å²) in [5, 5.41) is 2.99. The van der Waals surface area contributed by atoms with Gasteiger partial charge in [-0.2, -0.15) is 0 Å². The van der Waals surface area contributed by atoms with Crippen LogP contribution in [0.25, 0.3) is 0 Å². The van der Waals surface area contributed by atoms with E-state index in [0.717, 1.165) is 31.5 Å². The van der Waals surface area contributed by atoms with Gasteiger partial charge in [0.1, 0.15) is 5.75 Å². The van der Waals surface area contributed by atoms with Crippen molar-refractivity contribution in [1.82, 2.24) is 14.9 Å². The summed E-state index contributed by atoms with van der Waals surface area (Å²) in [7, 11) is -1.60. The van der Waals surface area contributed by atoms with Crippen molar-refractivity contribution < 1.29 is 17.9 Å². The van der Waals surface area contributed by atoms with Crippen LogP contribution in [0.2, 0.25) is 0 Å². The number of carbonyl (C=O) groups excluding carboxylic acids is 1. The minimum atomic E-state index is -3.67. The number of likely N-dealkylation sites (tertiary alicyclic amines) is 1. The predicted octanol–water partition coefficient (Wildman–Crippen LogP) is 2.32. The van der Waals surface area contributed by atoms with Crippen LogP contribution in [0.1, 0.15) is 31.4 Å². The predicted molar refractivity (Wildman–Crippen MR) is 116 cm³/mol. The lowest BCUT2D eigenvalue weighted by molar-refractivity contribution is -0.124. The van der Waals surface area contributed by atoms with Gasteiger partial charge in [0.15, 0.2) is 6.61 Å². The molecule has 1 atom stereocenters. The van der Waals surface area contributed by atoms with Crippen LogP contribution in [0.3, 0.4) is 0 Å². The van der Waals surface area contributed by atoms with Gasteiger partial charge in [-0.05, 0) is 69.7 Å². The van der Waals surface area contributed by atoms with Crippen molar-refractivity contribution >= 4 is 15.9 Å². The lowest BCUT2D eigenvalue weighted by Gasteiger charge is -2.29. The van der Waals surface area contributed by atoms with Gasteiger partial charge in [-0.3, -0.25) is 4.79 Å². The maximum Gasteiger partial charge on any atom is 0.258 e. The number of benzene rings is 2. The maximum atomic E-state index is 12.6. The van der Waals surface area contributed by atoms with Gasteiger partial charge in [-0.25, -0.2) is 13.1 Å². The molecular formula is C22H29N3O4S.